The predicted molar refractivity (Wildman–Crippen MR) is 145 cm³/mol. The van der Waals surface area contributed by atoms with E-state index in [1.807, 2.05) is 65.6 Å². The van der Waals surface area contributed by atoms with Crippen LogP contribution in [0, 0.1) is 0 Å². The van der Waals surface area contributed by atoms with Crippen LogP contribution in [0.2, 0.25) is 5.02 Å². The Bertz CT molecular complexity index is 1360. The van der Waals surface area contributed by atoms with Crippen molar-refractivity contribution in [3.05, 3.63) is 77.6 Å². The number of pyridine rings is 1. The van der Waals surface area contributed by atoms with Gasteiger partial charge in [-0.1, -0.05) is 36.7 Å². The van der Waals surface area contributed by atoms with Crippen molar-refractivity contribution in [1.82, 2.24) is 19.2 Å². The first-order valence-corrected chi connectivity index (χ1v) is 12.9. The van der Waals surface area contributed by atoms with E-state index >= 15 is 0 Å². The van der Waals surface area contributed by atoms with Crippen molar-refractivity contribution in [2.24, 2.45) is 0 Å². The van der Waals surface area contributed by atoms with Crippen LogP contribution in [-0.2, 0) is 11.2 Å². The van der Waals surface area contributed by atoms with Gasteiger partial charge in [0.05, 0.1) is 18.5 Å². The summed E-state index contributed by atoms with van der Waals surface area (Å²) in [7, 11) is 1.66. The number of carbonyl (C=O) groups is 1. The van der Waals surface area contributed by atoms with Crippen molar-refractivity contribution >= 4 is 23.2 Å². The van der Waals surface area contributed by atoms with E-state index in [1.165, 1.54) is 0 Å². The molecule has 0 bridgehead atoms. The highest BCUT2D eigenvalue weighted by molar-refractivity contribution is 6.33. The number of nitrogens with zero attached hydrogens (tertiary/aromatic N) is 4. The second-order valence-electron chi connectivity index (χ2n) is 9.08. The van der Waals surface area contributed by atoms with Crippen LogP contribution < -0.4 is 4.74 Å². The molecule has 1 aliphatic rings. The number of amides is 1. The smallest absolute Gasteiger partial charge is 0.223 e. The van der Waals surface area contributed by atoms with Gasteiger partial charge < -0.3 is 18.9 Å². The normalized spacial score (nSPS) is 14.4. The maximum absolute atomic E-state index is 13.1. The lowest BCUT2D eigenvalue weighted by atomic mass is 10.1. The number of carbonyl (C=O) groups excluding carboxylic acids is 1. The molecule has 0 spiro atoms. The van der Waals surface area contributed by atoms with Gasteiger partial charge in [0, 0.05) is 54.9 Å². The van der Waals surface area contributed by atoms with Gasteiger partial charge in [0.25, 0.3) is 0 Å². The van der Waals surface area contributed by atoms with E-state index < -0.39 is 0 Å². The third-order valence-electron chi connectivity index (χ3n) is 7.01. The first-order valence-electron chi connectivity index (χ1n) is 12.5. The highest BCUT2D eigenvalue weighted by atomic mass is 35.5. The number of likely N-dealkylation sites (N-methyl/N-ethyl adjacent to an activating group) is 1. The third-order valence-corrected chi connectivity index (χ3v) is 7.34. The molecular formula is C29H31ClN4O2. The minimum absolute atomic E-state index is 0.198. The van der Waals surface area contributed by atoms with Crippen molar-refractivity contribution in [2.75, 3.05) is 39.8 Å². The van der Waals surface area contributed by atoms with Gasteiger partial charge in [-0.3, -0.25) is 4.79 Å². The number of imidazole rings is 1. The first-order chi connectivity index (χ1) is 17.6. The number of aromatic nitrogens is 2. The Morgan fingerprint density at radius 3 is 2.39 bits per heavy atom. The molecule has 186 valence electrons. The fraction of sp³-hybridized carbons (Fsp3) is 0.310. The summed E-state index contributed by atoms with van der Waals surface area (Å²) >= 11 is 6.50. The van der Waals surface area contributed by atoms with E-state index in [-0.39, 0.29) is 5.91 Å². The fourth-order valence-electron chi connectivity index (χ4n) is 4.86. The maximum Gasteiger partial charge on any atom is 0.223 e. The fourth-order valence-corrected chi connectivity index (χ4v) is 5.11. The Morgan fingerprint density at radius 1 is 0.972 bits per heavy atom. The maximum atomic E-state index is 13.1. The molecule has 4 aromatic rings. The molecule has 2 aromatic carbocycles. The van der Waals surface area contributed by atoms with Crippen molar-refractivity contribution < 1.29 is 9.53 Å². The van der Waals surface area contributed by atoms with Crippen LogP contribution in [-0.4, -0.2) is 64.9 Å². The van der Waals surface area contributed by atoms with Crippen LogP contribution in [0.25, 0.3) is 28.0 Å². The SMILES string of the molecule is CCN1CCN(C(=O)CCc2c(-c3ccc(OC)cc3)nc3ccc(-c4ccccc4Cl)cn23)CC1. The summed E-state index contributed by atoms with van der Waals surface area (Å²) in [6, 6.07) is 19.8. The summed E-state index contributed by atoms with van der Waals surface area (Å²) in [6.07, 6.45) is 3.12. The zero-order valence-electron chi connectivity index (χ0n) is 20.8. The van der Waals surface area contributed by atoms with Gasteiger partial charge in [-0.15, -0.1) is 0 Å². The average Bonchev–Trinajstić information content (AvgIpc) is 3.29. The summed E-state index contributed by atoms with van der Waals surface area (Å²) < 4.78 is 7.45. The van der Waals surface area contributed by atoms with Crippen molar-refractivity contribution in [1.29, 1.82) is 0 Å². The van der Waals surface area contributed by atoms with Crippen molar-refractivity contribution in [2.45, 2.75) is 19.8 Å². The van der Waals surface area contributed by atoms with Gasteiger partial charge in [0.1, 0.15) is 11.4 Å². The third kappa shape index (κ3) is 4.97. The number of fused-ring (bicyclic) bond motifs is 1. The molecule has 36 heavy (non-hydrogen) atoms. The number of ether oxygens (including phenoxy) is 1. The lowest BCUT2D eigenvalue weighted by molar-refractivity contribution is -0.132. The van der Waals surface area contributed by atoms with E-state index in [0.29, 0.717) is 17.9 Å². The Morgan fingerprint density at radius 2 is 1.69 bits per heavy atom. The summed E-state index contributed by atoms with van der Waals surface area (Å²) in [5.74, 6) is 0.995. The minimum Gasteiger partial charge on any atom is -0.497 e. The Hall–Kier alpha value is -3.35. The molecule has 1 amide bonds. The van der Waals surface area contributed by atoms with Crippen molar-refractivity contribution in [3.63, 3.8) is 0 Å². The largest absolute Gasteiger partial charge is 0.497 e. The molecule has 1 fully saturated rings. The summed E-state index contributed by atoms with van der Waals surface area (Å²) in [4.78, 5) is 22.5. The van der Waals surface area contributed by atoms with Gasteiger partial charge in [-0.2, -0.15) is 0 Å². The number of piperazine rings is 1. The molecule has 0 unspecified atom stereocenters. The second kappa shape index (κ2) is 10.7. The van der Waals surface area contributed by atoms with E-state index in [9.17, 15) is 4.79 Å². The topological polar surface area (TPSA) is 50.1 Å². The first kappa shape index (κ1) is 24.3. The highest BCUT2D eigenvalue weighted by Gasteiger charge is 2.22. The molecule has 0 saturated carbocycles. The molecule has 1 saturated heterocycles. The highest BCUT2D eigenvalue weighted by Crippen LogP contribution is 2.31. The Labute approximate surface area is 217 Å². The Balaban J connectivity index is 1.49. The van der Waals surface area contributed by atoms with E-state index in [1.54, 1.807) is 7.11 Å². The number of rotatable bonds is 7. The number of benzene rings is 2. The van der Waals surface area contributed by atoms with Crippen LogP contribution >= 0.6 is 11.6 Å². The van der Waals surface area contributed by atoms with E-state index in [2.05, 4.69) is 22.4 Å². The lowest BCUT2D eigenvalue weighted by Gasteiger charge is -2.34. The quantitative estimate of drug-likeness (QED) is 0.338. The summed E-state index contributed by atoms with van der Waals surface area (Å²) in [6.45, 7) is 6.67. The lowest BCUT2D eigenvalue weighted by Crippen LogP contribution is -2.48. The van der Waals surface area contributed by atoms with Crippen LogP contribution in [0.4, 0.5) is 0 Å². The molecule has 6 nitrogen and oxygen atoms in total. The van der Waals surface area contributed by atoms with Crippen LogP contribution in [0.5, 0.6) is 5.75 Å². The van der Waals surface area contributed by atoms with Gasteiger partial charge >= 0.3 is 0 Å². The van der Waals surface area contributed by atoms with Crippen LogP contribution in [0.1, 0.15) is 19.0 Å². The standard InChI is InChI=1S/C29H31ClN4O2/c1-3-32-16-18-33(19-17-32)28(35)15-13-26-29(21-8-11-23(36-2)12-9-21)31-27-14-10-22(20-34(26)27)24-6-4-5-7-25(24)30/h4-12,14,20H,3,13,15-19H2,1-2H3. The summed E-state index contributed by atoms with van der Waals surface area (Å²) in [5, 5.41) is 0.704. The number of hydrogen-bond donors (Lipinski definition) is 0. The monoisotopic (exact) mass is 502 g/mol. The van der Waals surface area contributed by atoms with Gasteiger partial charge in [0.15, 0.2) is 0 Å². The average molecular weight is 503 g/mol. The summed E-state index contributed by atoms with van der Waals surface area (Å²) in [5.41, 5.74) is 5.72. The second-order valence-corrected chi connectivity index (χ2v) is 9.48. The number of hydrogen-bond acceptors (Lipinski definition) is 4. The molecule has 0 atom stereocenters. The molecule has 5 rings (SSSR count). The van der Waals surface area contributed by atoms with Gasteiger partial charge in [0.2, 0.25) is 5.91 Å². The zero-order valence-corrected chi connectivity index (χ0v) is 21.5. The van der Waals surface area contributed by atoms with Gasteiger partial charge in [-0.05, 0) is 61.0 Å². The van der Waals surface area contributed by atoms with Crippen molar-refractivity contribution in [3.8, 4) is 28.1 Å². The molecule has 3 heterocycles. The predicted octanol–water partition coefficient (Wildman–Crippen LogP) is 5.43. The van der Waals surface area contributed by atoms with E-state index in [4.69, 9.17) is 21.3 Å². The molecule has 7 heteroatoms. The molecule has 1 aliphatic heterocycles. The van der Waals surface area contributed by atoms with Crippen LogP contribution in [0.3, 0.4) is 0 Å². The zero-order chi connectivity index (χ0) is 25.1. The van der Waals surface area contributed by atoms with Gasteiger partial charge in [-0.25, -0.2) is 4.98 Å². The molecular weight excluding hydrogens is 472 g/mol. The molecule has 0 radical (unpaired) electrons. The molecule has 0 N–H and O–H groups in total. The van der Waals surface area contributed by atoms with E-state index in [0.717, 1.165) is 72.2 Å². The number of halogens is 1. The number of aryl methyl sites for hydroxylation is 1. The molecule has 0 aliphatic carbocycles. The minimum atomic E-state index is 0.198. The molecule has 2 aromatic heterocycles. The Kier molecular flexibility index (Phi) is 7.25. The van der Waals surface area contributed by atoms with Crippen LogP contribution in [0.15, 0.2) is 66.9 Å². The number of methoxy groups -OCH3 is 1.